The van der Waals surface area contributed by atoms with Crippen LogP contribution in [0, 0.1) is 13.8 Å². The SMILES string of the molecule is Cc1cc(C)cc(C(=O)N2CCCC(n3cc(-c4nc(C(C)C)no4)nn3)C2)c1. The molecule has 0 bridgehead atoms. The van der Waals surface area contributed by atoms with E-state index in [1.54, 1.807) is 0 Å². The molecule has 0 aliphatic carbocycles. The minimum Gasteiger partial charge on any atom is -0.337 e. The summed E-state index contributed by atoms with van der Waals surface area (Å²) in [5.74, 6) is 1.28. The molecule has 1 saturated heterocycles. The van der Waals surface area contributed by atoms with Gasteiger partial charge in [-0.1, -0.05) is 41.4 Å². The average molecular weight is 394 g/mol. The van der Waals surface area contributed by atoms with Gasteiger partial charge in [-0.3, -0.25) is 4.79 Å². The van der Waals surface area contributed by atoms with Crippen LogP contribution in [0.3, 0.4) is 0 Å². The second-order valence-electron chi connectivity index (χ2n) is 8.12. The Morgan fingerprint density at radius 1 is 1.21 bits per heavy atom. The van der Waals surface area contributed by atoms with Crippen molar-refractivity contribution in [3.05, 3.63) is 46.9 Å². The van der Waals surface area contributed by atoms with Gasteiger partial charge in [0.2, 0.25) is 0 Å². The summed E-state index contributed by atoms with van der Waals surface area (Å²) in [6, 6.07) is 6.06. The monoisotopic (exact) mass is 394 g/mol. The Balaban J connectivity index is 1.50. The van der Waals surface area contributed by atoms with Crippen LogP contribution in [0.1, 0.15) is 66.0 Å². The zero-order chi connectivity index (χ0) is 20.5. The number of carbonyl (C=O) groups is 1. The maximum absolute atomic E-state index is 13.0. The summed E-state index contributed by atoms with van der Waals surface area (Å²) in [4.78, 5) is 19.3. The molecule has 8 heteroatoms. The molecule has 8 nitrogen and oxygen atoms in total. The topological polar surface area (TPSA) is 89.9 Å². The third-order valence-electron chi connectivity index (χ3n) is 5.21. The van der Waals surface area contributed by atoms with Crippen LogP contribution in [-0.2, 0) is 0 Å². The molecule has 0 spiro atoms. The van der Waals surface area contributed by atoms with Gasteiger partial charge in [-0.15, -0.1) is 5.10 Å². The fraction of sp³-hybridized carbons (Fsp3) is 0.476. The van der Waals surface area contributed by atoms with Crippen molar-refractivity contribution >= 4 is 5.91 Å². The lowest BCUT2D eigenvalue weighted by Gasteiger charge is -2.32. The molecule has 0 N–H and O–H groups in total. The summed E-state index contributed by atoms with van der Waals surface area (Å²) in [6.07, 6.45) is 3.70. The van der Waals surface area contributed by atoms with Crippen LogP contribution in [0.2, 0.25) is 0 Å². The lowest BCUT2D eigenvalue weighted by Crippen LogP contribution is -2.40. The molecular weight excluding hydrogens is 368 g/mol. The molecule has 0 radical (unpaired) electrons. The van der Waals surface area contributed by atoms with Crippen LogP contribution in [-0.4, -0.2) is 49.0 Å². The molecule has 3 heterocycles. The van der Waals surface area contributed by atoms with E-state index in [4.69, 9.17) is 4.52 Å². The number of likely N-dealkylation sites (tertiary alicyclic amines) is 1. The number of rotatable bonds is 4. The summed E-state index contributed by atoms with van der Waals surface area (Å²) in [5, 5.41) is 12.4. The van der Waals surface area contributed by atoms with Gasteiger partial charge in [0.15, 0.2) is 11.5 Å². The second-order valence-corrected chi connectivity index (χ2v) is 8.12. The molecule has 1 fully saturated rings. The molecular formula is C21H26N6O2. The van der Waals surface area contributed by atoms with Gasteiger partial charge in [-0.05, 0) is 38.8 Å². The molecule has 1 aromatic carbocycles. The van der Waals surface area contributed by atoms with Crippen LogP contribution in [0.15, 0.2) is 28.9 Å². The third-order valence-corrected chi connectivity index (χ3v) is 5.21. The number of aryl methyl sites for hydroxylation is 2. The molecule has 1 atom stereocenters. The van der Waals surface area contributed by atoms with Crippen molar-refractivity contribution in [3.8, 4) is 11.6 Å². The van der Waals surface area contributed by atoms with Gasteiger partial charge in [0.1, 0.15) is 0 Å². The van der Waals surface area contributed by atoms with Crippen molar-refractivity contribution in [3.63, 3.8) is 0 Å². The summed E-state index contributed by atoms with van der Waals surface area (Å²) < 4.78 is 7.13. The quantitative estimate of drug-likeness (QED) is 0.672. The first-order chi connectivity index (χ1) is 13.9. The first-order valence-corrected chi connectivity index (χ1v) is 10.0. The predicted molar refractivity (Wildman–Crippen MR) is 107 cm³/mol. The van der Waals surface area contributed by atoms with Crippen LogP contribution in [0.25, 0.3) is 11.6 Å². The highest BCUT2D eigenvalue weighted by Gasteiger charge is 2.27. The van der Waals surface area contributed by atoms with Crippen molar-refractivity contribution in [2.75, 3.05) is 13.1 Å². The smallest absolute Gasteiger partial charge is 0.280 e. The first-order valence-electron chi connectivity index (χ1n) is 10.0. The maximum atomic E-state index is 13.0. The highest BCUT2D eigenvalue weighted by atomic mass is 16.5. The molecule has 152 valence electrons. The average Bonchev–Trinajstić information content (AvgIpc) is 3.36. The van der Waals surface area contributed by atoms with Crippen molar-refractivity contribution in [1.29, 1.82) is 0 Å². The molecule has 2 aromatic heterocycles. The van der Waals surface area contributed by atoms with Gasteiger partial charge in [0.05, 0.1) is 12.2 Å². The van der Waals surface area contributed by atoms with E-state index >= 15 is 0 Å². The standard InChI is InChI=1S/C21H26N6O2/c1-13(2)19-22-20(29-24-19)18-12-27(25-23-18)17-6-5-7-26(11-17)21(28)16-9-14(3)8-15(4)10-16/h8-10,12-13,17H,5-7,11H2,1-4H3. The zero-order valence-electron chi connectivity index (χ0n) is 17.3. The number of amides is 1. The summed E-state index contributed by atoms with van der Waals surface area (Å²) >= 11 is 0. The number of aromatic nitrogens is 5. The molecule has 4 rings (SSSR count). The highest BCUT2D eigenvalue weighted by Crippen LogP contribution is 2.25. The van der Waals surface area contributed by atoms with Gasteiger partial charge in [0, 0.05) is 24.6 Å². The van der Waals surface area contributed by atoms with E-state index in [0.29, 0.717) is 24.0 Å². The van der Waals surface area contributed by atoms with Crippen LogP contribution in [0.4, 0.5) is 0 Å². The van der Waals surface area contributed by atoms with Gasteiger partial charge >= 0.3 is 0 Å². The summed E-state index contributed by atoms with van der Waals surface area (Å²) in [7, 11) is 0. The molecule has 1 amide bonds. The predicted octanol–water partition coefficient (Wildman–Crippen LogP) is 3.55. The fourth-order valence-electron chi connectivity index (χ4n) is 3.76. The van der Waals surface area contributed by atoms with Crippen molar-refractivity contribution < 1.29 is 9.32 Å². The minimum atomic E-state index is 0.0697. The molecule has 0 saturated carbocycles. The Kier molecular flexibility index (Phi) is 5.17. The van der Waals surface area contributed by atoms with Gasteiger partial charge in [-0.25, -0.2) is 4.68 Å². The Bertz CT molecular complexity index is 1000. The van der Waals surface area contributed by atoms with E-state index in [1.807, 2.05) is 55.6 Å². The molecule has 3 aromatic rings. The molecule has 1 unspecified atom stereocenters. The lowest BCUT2D eigenvalue weighted by molar-refractivity contribution is 0.0671. The van der Waals surface area contributed by atoms with Crippen molar-refractivity contribution in [2.45, 2.75) is 52.5 Å². The Labute approximate surface area is 169 Å². The lowest BCUT2D eigenvalue weighted by atomic mass is 10.0. The van der Waals surface area contributed by atoms with Gasteiger partial charge in [0.25, 0.3) is 11.8 Å². The fourth-order valence-corrected chi connectivity index (χ4v) is 3.76. The van der Waals surface area contributed by atoms with E-state index in [2.05, 4.69) is 26.5 Å². The normalized spacial score (nSPS) is 17.1. The number of benzene rings is 1. The molecule has 1 aliphatic rings. The number of hydrogen-bond acceptors (Lipinski definition) is 6. The van der Waals surface area contributed by atoms with Gasteiger partial charge < -0.3 is 9.42 Å². The molecule has 1 aliphatic heterocycles. The second kappa shape index (κ2) is 7.77. The summed E-state index contributed by atoms with van der Waals surface area (Å²) in [6.45, 7) is 9.41. The highest BCUT2D eigenvalue weighted by molar-refractivity contribution is 5.94. The van der Waals surface area contributed by atoms with Crippen LogP contribution < -0.4 is 0 Å². The maximum Gasteiger partial charge on any atom is 0.280 e. The minimum absolute atomic E-state index is 0.0697. The van der Waals surface area contributed by atoms with E-state index in [1.165, 1.54) is 0 Å². The van der Waals surface area contributed by atoms with Crippen molar-refractivity contribution in [1.82, 2.24) is 30.0 Å². The Hall–Kier alpha value is -3.03. The number of piperidine rings is 1. The Morgan fingerprint density at radius 3 is 2.66 bits per heavy atom. The van der Waals surface area contributed by atoms with Crippen LogP contribution in [0.5, 0.6) is 0 Å². The van der Waals surface area contributed by atoms with Crippen molar-refractivity contribution in [2.24, 2.45) is 0 Å². The van der Waals surface area contributed by atoms with E-state index in [9.17, 15) is 4.79 Å². The van der Waals surface area contributed by atoms with E-state index in [-0.39, 0.29) is 17.9 Å². The van der Waals surface area contributed by atoms with E-state index < -0.39 is 0 Å². The summed E-state index contributed by atoms with van der Waals surface area (Å²) in [5.41, 5.74) is 3.50. The first kappa shape index (κ1) is 19.3. The number of carbonyl (C=O) groups excluding carboxylic acids is 1. The number of nitrogens with zero attached hydrogens (tertiary/aromatic N) is 6. The molecule has 29 heavy (non-hydrogen) atoms. The third kappa shape index (κ3) is 4.06. The van der Waals surface area contributed by atoms with Crippen LogP contribution >= 0.6 is 0 Å². The van der Waals surface area contributed by atoms with E-state index in [0.717, 1.165) is 36.1 Å². The largest absolute Gasteiger partial charge is 0.337 e. The zero-order valence-corrected chi connectivity index (χ0v) is 17.3. The number of hydrogen-bond donors (Lipinski definition) is 0. The van der Waals surface area contributed by atoms with Gasteiger partial charge in [-0.2, -0.15) is 4.98 Å². The Morgan fingerprint density at radius 2 is 1.97 bits per heavy atom.